The first-order valence-corrected chi connectivity index (χ1v) is 7.91. The van der Waals surface area contributed by atoms with Crippen LogP contribution in [0.5, 0.6) is 5.88 Å². The number of aromatic nitrogens is 3. The van der Waals surface area contributed by atoms with Gasteiger partial charge in [-0.25, -0.2) is 13.4 Å². The first-order valence-electron chi connectivity index (χ1n) is 6.02. The molecular weight excluding hydrogens is 280 g/mol. The van der Waals surface area contributed by atoms with E-state index in [1.165, 1.54) is 13.4 Å². The summed E-state index contributed by atoms with van der Waals surface area (Å²) in [6, 6.07) is 3.42. The van der Waals surface area contributed by atoms with Gasteiger partial charge in [0.15, 0.2) is 15.5 Å². The van der Waals surface area contributed by atoms with Crippen molar-refractivity contribution in [3.05, 3.63) is 12.1 Å². The molecule has 0 spiro atoms. The zero-order valence-electron chi connectivity index (χ0n) is 11.9. The van der Waals surface area contributed by atoms with Crippen LogP contribution in [0.15, 0.2) is 12.1 Å². The van der Waals surface area contributed by atoms with E-state index >= 15 is 0 Å². The molecule has 2 aromatic rings. The highest BCUT2D eigenvalue weighted by molar-refractivity contribution is 7.92. The number of fused-ring (bicyclic) bond motifs is 1. The summed E-state index contributed by atoms with van der Waals surface area (Å²) in [5, 5.41) is 0. The fourth-order valence-electron chi connectivity index (χ4n) is 1.77. The number of hydrogen-bond donors (Lipinski definition) is 1. The third-order valence-electron chi connectivity index (χ3n) is 3.35. The molecule has 0 amide bonds. The predicted molar refractivity (Wildman–Crippen MR) is 77.4 cm³/mol. The molecule has 2 rings (SSSR count). The van der Waals surface area contributed by atoms with Gasteiger partial charge in [0.1, 0.15) is 5.52 Å². The Balaban J connectivity index is 2.57. The van der Waals surface area contributed by atoms with Crippen LogP contribution < -0.4 is 10.5 Å². The van der Waals surface area contributed by atoms with Gasteiger partial charge in [-0.1, -0.05) is 0 Å². The van der Waals surface area contributed by atoms with Crippen LogP contribution in [0.2, 0.25) is 0 Å². The standard InChI is InChI=1S/C12H18N4O3S/c1-12(2,20(4,17)18)7-16-10-8(14-11(16)13)5-6-9(15-10)19-3/h5-6H,7H2,1-4H3,(H2,13,14). The molecule has 2 N–H and O–H groups in total. The van der Waals surface area contributed by atoms with Crippen molar-refractivity contribution in [2.75, 3.05) is 19.1 Å². The smallest absolute Gasteiger partial charge is 0.215 e. The van der Waals surface area contributed by atoms with Gasteiger partial charge in [0, 0.05) is 18.9 Å². The summed E-state index contributed by atoms with van der Waals surface area (Å²) in [6.45, 7) is 3.47. The zero-order chi connectivity index (χ0) is 15.1. The lowest BCUT2D eigenvalue weighted by molar-refractivity contribution is 0.398. The fourth-order valence-corrected chi connectivity index (χ4v) is 2.13. The minimum absolute atomic E-state index is 0.175. The van der Waals surface area contributed by atoms with Crippen molar-refractivity contribution in [3.8, 4) is 5.88 Å². The van der Waals surface area contributed by atoms with E-state index in [0.29, 0.717) is 17.0 Å². The summed E-state index contributed by atoms with van der Waals surface area (Å²) in [5.41, 5.74) is 6.99. The zero-order valence-corrected chi connectivity index (χ0v) is 12.7. The lowest BCUT2D eigenvalue weighted by atomic mass is 10.2. The van der Waals surface area contributed by atoms with E-state index in [9.17, 15) is 8.42 Å². The van der Waals surface area contributed by atoms with Gasteiger partial charge in [0.25, 0.3) is 0 Å². The Kier molecular flexibility index (Phi) is 3.37. The average Bonchev–Trinajstić information content (AvgIpc) is 2.63. The number of methoxy groups -OCH3 is 1. The molecule has 0 aliphatic heterocycles. The topological polar surface area (TPSA) is 100 Å². The van der Waals surface area contributed by atoms with E-state index in [4.69, 9.17) is 10.5 Å². The highest BCUT2D eigenvalue weighted by Gasteiger charge is 2.32. The second-order valence-electron chi connectivity index (χ2n) is 5.28. The van der Waals surface area contributed by atoms with E-state index in [2.05, 4.69) is 9.97 Å². The van der Waals surface area contributed by atoms with Crippen molar-refractivity contribution >= 4 is 26.9 Å². The number of nitrogen functional groups attached to an aromatic ring is 1. The Hall–Kier alpha value is -1.83. The summed E-state index contributed by atoms with van der Waals surface area (Å²) < 4.78 is 29.4. The molecule has 8 heteroatoms. The molecule has 0 radical (unpaired) electrons. The lowest BCUT2D eigenvalue weighted by Crippen LogP contribution is -2.36. The number of nitrogens with zero attached hydrogens (tertiary/aromatic N) is 3. The molecule has 0 atom stereocenters. The third kappa shape index (κ3) is 2.43. The van der Waals surface area contributed by atoms with Crippen molar-refractivity contribution in [1.82, 2.24) is 14.5 Å². The van der Waals surface area contributed by atoms with Gasteiger partial charge in [0.05, 0.1) is 11.9 Å². The number of ether oxygens (including phenoxy) is 1. The van der Waals surface area contributed by atoms with Crippen LogP contribution in [0.1, 0.15) is 13.8 Å². The summed E-state index contributed by atoms with van der Waals surface area (Å²) in [4.78, 5) is 8.47. The van der Waals surface area contributed by atoms with Crippen molar-refractivity contribution in [2.24, 2.45) is 0 Å². The Labute approximate surface area is 117 Å². The van der Waals surface area contributed by atoms with Gasteiger partial charge in [-0.05, 0) is 19.9 Å². The van der Waals surface area contributed by atoms with Crippen LogP contribution in [0.4, 0.5) is 5.95 Å². The van der Waals surface area contributed by atoms with Crippen molar-refractivity contribution in [1.29, 1.82) is 0 Å². The van der Waals surface area contributed by atoms with Crippen LogP contribution in [0.3, 0.4) is 0 Å². The normalized spacial score (nSPS) is 12.8. The molecule has 2 heterocycles. The SMILES string of the molecule is COc1ccc2nc(N)n(CC(C)(C)S(C)(=O)=O)c2n1. The first kappa shape index (κ1) is 14.6. The summed E-state index contributed by atoms with van der Waals surface area (Å²) in [5.74, 6) is 0.660. The third-order valence-corrected chi connectivity index (χ3v) is 5.48. The Morgan fingerprint density at radius 2 is 2.00 bits per heavy atom. The van der Waals surface area contributed by atoms with Gasteiger partial charge in [-0.15, -0.1) is 0 Å². The Bertz CT molecular complexity index is 749. The van der Waals surface area contributed by atoms with E-state index in [1.807, 2.05) is 0 Å². The highest BCUT2D eigenvalue weighted by atomic mass is 32.2. The van der Waals surface area contributed by atoms with Crippen LogP contribution in [-0.4, -0.2) is 41.1 Å². The molecule has 20 heavy (non-hydrogen) atoms. The highest BCUT2D eigenvalue weighted by Crippen LogP contribution is 2.24. The summed E-state index contributed by atoms with van der Waals surface area (Å²) in [7, 11) is -1.73. The number of imidazole rings is 1. The van der Waals surface area contributed by atoms with E-state index in [1.54, 1.807) is 30.5 Å². The molecule has 2 aromatic heterocycles. The molecular formula is C12H18N4O3S. The number of nitrogens with two attached hydrogens (primary N) is 1. The molecule has 0 fully saturated rings. The quantitative estimate of drug-likeness (QED) is 0.898. The maximum Gasteiger partial charge on any atom is 0.215 e. The average molecular weight is 298 g/mol. The Morgan fingerprint density at radius 1 is 1.35 bits per heavy atom. The number of anilines is 1. The molecule has 0 unspecified atom stereocenters. The van der Waals surface area contributed by atoms with E-state index in [-0.39, 0.29) is 12.5 Å². The first-order chi connectivity index (χ1) is 9.15. The lowest BCUT2D eigenvalue weighted by Gasteiger charge is -2.23. The molecule has 0 aliphatic rings. The van der Waals surface area contributed by atoms with Crippen molar-refractivity contribution in [3.63, 3.8) is 0 Å². The van der Waals surface area contributed by atoms with E-state index < -0.39 is 14.6 Å². The van der Waals surface area contributed by atoms with Crippen molar-refractivity contribution in [2.45, 2.75) is 25.1 Å². The summed E-state index contributed by atoms with van der Waals surface area (Å²) in [6.07, 6.45) is 1.20. The minimum atomic E-state index is -3.24. The molecule has 0 aliphatic carbocycles. The largest absolute Gasteiger partial charge is 0.481 e. The summed E-state index contributed by atoms with van der Waals surface area (Å²) >= 11 is 0. The number of hydrogen-bond acceptors (Lipinski definition) is 6. The van der Waals surface area contributed by atoms with Crippen LogP contribution >= 0.6 is 0 Å². The molecule has 0 bridgehead atoms. The fraction of sp³-hybridized carbons (Fsp3) is 0.500. The molecule has 0 saturated heterocycles. The van der Waals surface area contributed by atoms with Gasteiger partial charge in [-0.2, -0.15) is 4.98 Å². The molecule has 0 saturated carbocycles. The second-order valence-corrected chi connectivity index (χ2v) is 7.93. The number of rotatable bonds is 4. The Morgan fingerprint density at radius 3 is 2.55 bits per heavy atom. The predicted octanol–water partition coefficient (Wildman–Crippen LogP) is 0.845. The van der Waals surface area contributed by atoms with Crippen LogP contribution in [-0.2, 0) is 16.4 Å². The van der Waals surface area contributed by atoms with Crippen LogP contribution in [0, 0.1) is 0 Å². The monoisotopic (exact) mass is 298 g/mol. The number of sulfone groups is 1. The molecule has 0 aromatic carbocycles. The minimum Gasteiger partial charge on any atom is -0.481 e. The maximum atomic E-state index is 11.8. The van der Waals surface area contributed by atoms with Crippen molar-refractivity contribution < 1.29 is 13.2 Å². The molecule has 7 nitrogen and oxygen atoms in total. The van der Waals surface area contributed by atoms with Gasteiger partial charge < -0.3 is 10.5 Å². The van der Waals surface area contributed by atoms with Gasteiger partial charge in [-0.3, -0.25) is 4.57 Å². The molecule has 110 valence electrons. The van der Waals surface area contributed by atoms with Gasteiger partial charge >= 0.3 is 0 Å². The van der Waals surface area contributed by atoms with Gasteiger partial charge in [0.2, 0.25) is 11.8 Å². The van der Waals surface area contributed by atoms with Crippen LogP contribution in [0.25, 0.3) is 11.2 Å². The number of pyridine rings is 1. The second kappa shape index (κ2) is 4.62. The van der Waals surface area contributed by atoms with E-state index in [0.717, 1.165) is 0 Å². The maximum absolute atomic E-state index is 11.8.